The van der Waals surface area contributed by atoms with E-state index in [1.54, 1.807) is 19.2 Å². The van der Waals surface area contributed by atoms with E-state index in [0.29, 0.717) is 18.2 Å². The molecule has 0 spiro atoms. The summed E-state index contributed by atoms with van der Waals surface area (Å²) in [6.07, 6.45) is 0.715. The minimum absolute atomic E-state index is 0.323. The minimum atomic E-state index is -0.487. The number of hydrogen-bond donors (Lipinski definition) is 2. The monoisotopic (exact) mass is 411 g/mol. The van der Waals surface area contributed by atoms with Gasteiger partial charge in [-0.15, -0.1) is 6.42 Å². The zero-order valence-electron chi connectivity index (χ0n) is 12.0. The summed E-state index contributed by atoms with van der Waals surface area (Å²) in [4.78, 5) is 16.8. The molecule has 0 aliphatic carbocycles. The van der Waals surface area contributed by atoms with Crippen LogP contribution >= 0.6 is 22.6 Å². The van der Waals surface area contributed by atoms with Gasteiger partial charge in [0.25, 0.3) is 0 Å². The van der Waals surface area contributed by atoms with Crippen molar-refractivity contribution in [3.05, 3.63) is 69.4 Å². The van der Waals surface area contributed by atoms with E-state index in [2.05, 4.69) is 28.1 Å². The van der Waals surface area contributed by atoms with Crippen molar-refractivity contribution in [2.45, 2.75) is 6.42 Å². The SMILES string of the molecule is COc1ccccc1C[C-](N)NOC(=O)c1ccc(I)cc1. The van der Waals surface area contributed by atoms with Crippen LogP contribution in [-0.4, -0.2) is 13.1 Å². The lowest BCUT2D eigenvalue weighted by Crippen LogP contribution is -2.32. The normalized spacial score (nSPS) is 10.5. The summed E-state index contributed by atoms with van der Waals surface area (Å²) in [5.74, 6) is 0.246. The molecule has 5 nitrogen and oxygen atoms in total. The minimum Gasteiger partial charge on any atom is -0.497 e. The van der Waals surface area contributed by atoms with Gasteiger partial charge >= 0.3 is 5.97 Å². The number of ether oxygens (including phenoxy) is 1. The number of benzene rings is 2. The van der Waals surface area contributed by atoms with Gasteiger partial charge in [0.05, 0.1) is 12.7 Å². The predicted octanol–water partition coefficient (Wildman–Crippen LogP) is 2.65. The fraction of sp³-hybridized carbons (Fsp3) is 0.125. The first-order chi connectivity index (χ1) is 10.6. The summed E-state index contributed by atoms with van der Waals surface area (Å²) < 4.78 is 6.29. The summed E-state index contributed by atoms with van der Waals surface area (Å²) in [5, 5.41) is 0. The van der Waals surface area contributed by atoms with E-state index in [1.165, 1.54) is 0 Å². The average molecular weight is 411 g/mol. The fourth-order valence-corrected chi connectivity index (χ4v) is 2.21. The highest BCUT2D eigenvalue weighted by Gasteiger charge is 2.06. The van der Waals surface area contributed by atoms with Gasteiger partial charge in [0.1, 0.15) is 5.75 Å². The van der Waals surface area contributed by atoms with Gasteiger partial charge in [-0.1, -0.05) is 18.2 Å². The van der Waals surface area contributed by atoms with Crippen molar-refractivity contribution in [2.24, 2.45) is 5.73 Å². The first kappa shape index (κ1) is 16.7. The summed E-state index contributed by atoms with van der Waals surface area (Å²) >= 11 is 2.17. The van der Waals surface area contributed by atoms with Gasteiger partial charge in [-0.3, -0.25) is 5.48 Å². The molecule has 3 N–H and O–H groups in total. The van der Waals surface area contributed by atoms with Crippen LogP contribution in [0.3, 0.4) is 0 Å². The topological polar surface area (TPSA) is 73.6 Å². The van der Waals surface area contributed by atoms with Crippen molar-refractivity contribution in [3.8, 4) is 5.75 Å². The zero-order chi connectivity index (χ0) is 15.9. The molecule has 2 aromatic carbocycles. The van der Waals surface area contributed by atoms with E-state index in [0.717, 1.165) is 14.9 Å². The van der Waals surface area contributed by atoms with E-state index in [1.807, 2.05) is 36.4 Å². The van der Waals surface area contributed by atoms with Gasteiger partial charge in [0, 0.05) is 3.57 Å². The van der Waals surface area contributed by atoms with Crippen LogP contribution in [0.25, 0.3) is 0 Å². The number of para-hydroxylation sites is 1. The van der Waals surface area contributed by atoms with E-state index in [-0.39, 0.29) is 0 Å². The molecule has 2 aromatic rings. The van der Waals surface area contributed by atoms with Crippen LogP contribution in [0.5, 0.6) is 5.75 Å². The molecule has 0 aliphatic rings. The lowest BCUT2D eigenvalue weighted by atomic mass is 10.1. The molecule has 0 saturated heterocycles. The maximum absolute atomic E-state index is 11.9. The fourth-order valence-electron chi connectivity index (χ4n) is 1.85. The Kier molecular flexibility index (Phi) is 6.17. The van der Waals surface area contributed by atoms with Gasteiger partial charge in [-0.25, -0.2) is 4.79 Å². The summed E-state index contributed by atoms with van der Waals surface area (Å²) in [6.45, 7) is 0. The summed E-state index contributed by atoms with van der Waals surface area (Å²) in [7, 11) is 1.60. The van der Waals surface area contributed by atoms with Crippen molar-refractivity contribution in [3.63, 3.8) is 0 Å². The molecular weight excluding hydrogens is 395 g/mol. The number of nitrogens with two attached hydrogens (primary N) is 1. The molecule has 0 radical (unpaired) electrons. The number of carbonyl (C=O) groups is 1. The van der Waals surface area contributed by atoms with Gasteiger partial charge in [0.15, 0.2) is 0 Å². The quantitative estimate of drug-likeness (QED) is 0.435. The van der Waals surface area contributed by atoms with Crippen molar-refractivity contribution in [1.82, 2.24) is 5.48 Å². The van der Waals surface area contributed by atoms with Crippen LogP contribution in [0.1, 0.15) is 15.9 Å². The van der Waals surface area contributed by atoms with Crippen molar-refractivity contribution in [1.29, 1.82) is 0 Å². The first-order valence-corrected chi connectivity index (χ1v) is 7.64. The maximum Gasteiger partial charge on any atom is 0.354 e. The Bertz CT molecular complexity index is 632. The Morgan fingerprint density at radius 2 is 1.91 bits per heavy atom. The van der Waals surface area contributed by atoms with Gasteiger partial charge < -0.3 is 15.3 Å². The maximum atomic E-state index is 11.9. The van der Waals surface area contributed by atoms with Gasteiger partial charge in [0.2, 0.25) is 0 Å². The molecule has 0 atom stereocenters. The van der Waals surface area contributed by atoms with Crippen molar-refractivity contribution in [2.75, 3.05) is 7.11 Å². The van der Waals surface area contributed by atoms with Crippen LogP contribution < -0.4 is 16.0 Å². The molecular formula is C16H16IN2O3-. The lowest BCUT2D eigenvalue weighted by Gasteiger charge is -2.26. The summed E-state index contributed by atoms with van der Waals surface area (Å²) in [5.41, 5.74) is 9.69. The Morgan fingerprint density at radius 3 is 2.59 bits per heavy atom. The highest BCUT2D eigenvalue weighted by Crippen LogP contribution is 2.19. The second-order valence-electron chi connectivity index (χ2n) is 4.51. The standard InChI is InChI=1S/C16H16IN2O3/c1-21-14-5-3-2-4-12(14)10-15(18)19-22-16(20)11-6-8-13(17)9-7-11/h2-9,19H,10,18H2,1H3/q-1. The number of nitrogens with one attached hydrogen (secondary N) is 1. The van der Waals surface area contributed by atoms with E-state index in [4.69, 9.17) is 15.3 Å². The number of halogens is 1. The smallest absolute Gasteiger partial charge is 0.354 e. The first-order valence-electron chi connectivity index (χ1n) is 6.56. The highest BCUT2D eigenvalue weighted by molar-refractivity contribution is 14.1. The number of hydroxylamine groups is 1. The molecule has 0 bridgehead atoms. The molecule has 22 heavy (non-hydrogen) atoms. The largest absolute Gasteiger partial charge is 0.497 e. The van der Waals surface area contributed by atoms with E-state index >= 15 is 0 Å². The lowest BCUT2D eigenvalue weighted by molar-refractivity contribution is 0.0262. The van der Waals surface area contributed by atoms with E-state index < -0.39 is 5.97 Å². The van der Waals surface area contributed by atoms with Crippen molar-refractivity contribution >= 4 is 28.6 Å². The number of methoxy groups -OCH3 is 1. The summed E-state index contributed by atoms with van der Waals surface area (Å²) in [6, 6.07) is 14.6. The number of hydrogen-bond acceptors (Lipinski definition) is 5. The molecule has 116 valence electrons. The van der Waals surface area contributed by atoms with Crippen molar-refractivity contribution < 1.29 is 14.4 Å². The Labute approximate surface area is 142 Å². The zero-order valence-corrected chi connectivity index (χ0v) is 14.2. The Hall–Kier alpha value is -1.64. The molecule has 0 fully saturated rings. The van der Waals surface area contributed by atoms with E-state index in [9.17, 15) is 4.79 Å². The third-order valence-electron chi connectivity index (χ3n) is 2.93. The molecule has 0 amide bonds. The third kappa shape index (κ3) is 4.69. The molecule has 0 saturated carbocycles. The Morgan fingerprint density at radius 1 is 1.23 bits per heavy atom. The van der Waals surface area contributed by atoms with Crippen LogP contribution in [0.2, 0.25) is 0 Å². The van der Waals surface area contributed by atoms with Crippen LogP contribution in [0, 0.1) is 9.74 Å². The molecule has 0 aliphatic heterocycles. The van der Waals surface area contributed by atoms with Crippen LogP contribution in [0.4, 0.5) is 0 Å². The second kappa shape index (κ2) is 8.11. The highest BCUT2D eigenvalue weighted by atomic mass is 127. The number of rotatable bonds is 6. The second-order valence-corrected chi connectivity index (χ2v) is 5.76. The molecule has 0 unspecified atom stereocenters. The van der Waals surface area contributed by atoms with Crippen LogP contribution in [0.15, 0.2) is 48.5 Å². The van der Waals surface area contributed by atoms with Gasteiger partial charge in [-0.2, -0.15) is 6.17 Å². The Balaban J connectivity index is 1.88. The molecule has 2 rings (SSSR count). The molecule has 6 heteroatoms. The average Bonchev–Trinajstić information content (AvgIpc) is 2.54. The molecule has 0 heterocycles. The third-order valence-corrected chi connectivity index (χ3v) is 3.65. The van der Waals surface area contributed by atoms with Crippen LogP contribution in [-0.2, 0) is 11.3 Å². The predicted molar refractivity (Wildman–Crippen MR) is 91.8 cm³/mol. The number of carbonyl (C=O) groups excluding carboxylic acids is 1. The van der Waals surface area contributed by atoms with Gasteiger partial charge in [-0.05, 0) is 58.5 Å². The molecule has 0 aromatic heterocycles.